The van der Waals surface area contributed by atoms with Crippen molar-refractivity contribution < 1.29 is 10.0 Å². The largest absolute Gasteiger partial charge is 0.409 e. The Bertz CT molecular complexity index is 827. The van der Waals surface area contributed by atoms with E-state index in [1.165, 1.54) is 56.1 Å². The predicted molar refractivity (Wildman–Crippen MR) is 122 cm³/mol. The van der Waals surface area contributed by atoms with Gasteiger partial charge in [0.1, 0.15) is 5.41 Å². The fourth-order valence-corrected chi connectivity index (χ4v) is 3.84. The zero-order valence-electron chi connectivity index (χ0n) is 17.6. The number of amides is 1. The van der Waals surface area contributed by atoms with Crippen LogP contribution in [0.1, 0.15) is 62.5 Å². The summed E-state index contributed by atoms with van der Waals surface area (Å²) in [5.74, 6) is -0.200. The lowest BCUT2D eigenvalue weighted by Crippen LogP contribution is -2.36. The van der Waals surface area contributed by atoms with Gasteiger partial charge in [-0.25, -0.2) is 0 Å². The number of aryl methyl sites for hydroxylation is 2. The van der Waals surface area contributed by atoms with Gasteiger partial charge in [-0.15, -0.1) is 0 Å². The summed E-state index contributed by atoms with van der Waals surface area (Å²) >= 11 is 0. The van der Waals surface area contributed by atoms with Crippen LogP contribution in [0.3, 0.4) is 0 Å². The van der Waals surface area contributed by atoms with Gasteiger partial charge in [-0.2, -0.15) is 0 Å². The number of carbonyl (C=O) groups is 1. The van der Waals surface area contributed by atoms with Crippen LogP contribution in [-0.2, 0) is 17.6 Å². The van der Waals surface area contributed by atoms with Crippen LogP contribution in [-0.4, -0.2) is 17.0 Å². The van der Waals surface area contributed by atoms with Crippen molar-refractivity contribution in [2.24, 2.45) is 16.3 Å². The van der Waals surface area contributed by atoms with E-state index in [2.05, 4.69) is 52.9 Å². The summed E-state index contributed by atoms with van der Waals surface area (Å²) in [4.78, 5) is 12.4. The van der Waals surface area contributed by atoms with Gasteiger partial charge in [0.05, 0.1) is 0 Å². The van der Waals surface area contributed by atoms with Crippen LogP contribution in [0, 0.1) is 5.41 Å². The van der Waals surface area contributed by atoms with E-state index >= 15 is 0 Å². The van der Waals surface area contributed by atoms with Gasteiger partial charge in [0.2, 0.25) is 5.91 Å². The molecule has 5 nitrogen and oxygen atoms in total. The summed E-state index contributed by atoms with van der Waals surface area (Å²) in [5, 5.41) is 14.8. The van der Waals surface area contributed by atoms with Crippen LogP contribution in [0.25, 0.3) is 0 Å². The van der Waals surface area contributed by atoms with Gasteiger partial charge in [-0.3, -0.25) is 4.79 Å². The number of hydrogen-bond donors (Lipinski definition) is 3. The van der Waals surface area contributed by atoms with E-state index in [-0.39, 0.29) is 11.7 Å². The molecule has 1 amide bonds. The molecule has 2 aromatic rings. The Morgan fingerprint density at radius 2 is 1.40 bits per heavy atom. The molecule has 1 saturated carbocycles. The Hall–Kier alpha value is -2.82. The Balaban J connectivity index is 1.28. The number of nitrogens with one attached hydrogen (secondary N) is 1. The highest BCUT2D eigenvalue weighted by Gasteiger charge is 2.54. The molecule has 2 aromatic carbocycles. The van der Waals surface area contributed by atoms with Crippen LogP contribution in [0.2, 0.25) is 0 Å². The SMILES string of the molecule is N/C(=N\O)C1(C(=O)Nc2ccc(CCCCCCCCc3ccccc3)cc2)CC1. The summed E-state index contributed by atoms with van der Waals surface area (Å²) in [6.07, 6.45) is 11.1. The smallest absolute Gasteiger partial charge is 0.238 e. The van der Waals surface area contributed by atoms with Gasteiger partial charge in [0.25, 0.3) is 0 Å². The third-order valence-electron chi connectivity index (χ3n) is 6.02. The van der Waals surface area contributed by atoms with Gasteiger partial charge in [0, 0.05) is 5.69 Å². The quantitative estimate of drug-likeness (QED) is 0.147. The zero-order chi connectivity index (χ0) is 21.2. The first-order chi connectivity index (χ1) is 14.6. The minimum Gasteiger partial charge on any atom is -0.409 e. The maximum Gasteiger partial charge on any atom is 0.238 e. The van der Waals surface area contributed by atoms with Crippen molar-refractivity contribution in [3.8, 4) is 0 Å². The molecular formula is C25H33N3O2. The number of amidine groups is 1. The Morgan fingerprint density at radius 1 is 0.867 bits per heavy atom. The third kappa shape index (κ3) is 6.09. The van der Waals surface area contributed by atoms with Gasteiger partial charge in [0.15, 0.2) is 5.84 Å². The summed E-state index contributed by atoms with van der Waals surface area (Å²) in [5.41, 5.74) is 8.31. The number of unbranched alkanes of at least 4 members (excludes halogenated alkanes) is 5. The molecule has 30 heavy (non-hydrogen) atoms. The number of oxime groups is 1. The van der Waals surface area contributed by atoms with Crippen LogP contribution in [0.5, 0.6) is 0 Å². The predicted octanol–water partition coefficient (Wildman–Crippen LogP) is 5.28. The van der Waals surface area contributed by atoms with E-state index in [9.17, 15) is 4.79 Å². The van der Waals surface area contributed by atoms with Gasteiger partial charge >= 0.3 is 0 Å². The van der Waals surface area contributed by atoms with Crippen molar-refractivity contribution in [2.75, 3.05) is 5.32 Å². The summed E-state index contributed by atoms with van der Waals surface area (Å²) < 4.78 is 0. The number of carbonyl (C=O) groups excluding carboxylic acids is 1. The number of anilines is 1. The van der Waals surface area contributed by atoms with Crippen LogP contribution < -0.4 is 11.1 Å². The molecule has 1 aliphatic carbocycles. The molecule has 4 N–H and O–H groups in total. The molecule has 0 aromatic heterocycles. The Labute approximate surface area is 179 Å². The first-order valence-electron chi connectivity index (χ1n) is 11.1. The van der Waals surface area contributed by atoms with Crippen LogP contribution in [0.15, 0.2) is 59.8 Å². The highest BCUT2D eigenvalue weighted by Crippen LogP contribution is 2.46. The van der Waals surface area contributed by atoms with Gasteiger partial charge in [-0.1, -0.05) is 73.3 Å². The molecule has 0 saturated heterocycles. The molecule has 0 atom stereocenters. The maximum absolute atomic E-state index is 12.4. The minimum absolute atomic E-state index is 0.00307. The number of benzene rings is 2. The van der Waals surface area contributed by atoms with Crippen molar-refractivity contribution in [1.29, 1.82) is 0 Å². The topological polar surface area (TPSA) is 87.7 Å². The second-order valence-electron chi connectivity index (χ2n) is 8.33. The molecule has 160 valence electrons. The summed E-state index contributed by atoms with van der Waals surface area (Å²) in [7, 11) is 0. The van der Waals surface area contributed by atoms with Gasteiger partial charge in [-0.05, 0) is 61.8 Å². The molecule has 1 aliphatic rings. The minimum atomic E-state index is -0.825. The number of rotatable bonds is 12. The van der Waals surface area contributed by atoms with Crippen molar-refractivity contribution in [2.45, 2.75) is 64.2 Å². The van der Waals surface area contributed by atoms with E-state index < -0.39 is 5.41 Å². The summed E-state index contributed by atoms with van der Waals surface area (Å²) in [6, 6.07) is 18.7. The fraction of sp³-hybridized carbons (Fsp3) is 0.440. The Morgan fingerprint density at radius 3 is 1.93 bits per heavy atom. The molecule has 0 heterocycles. The first kappa shape index (κ1) is 21.9. The summed E-state index contributed by atoms with van der Waals surface area (Å²) in [6.45, 7) is 0. The van der Waals surface area contributed by atoms with Crippen LogP contribution >= 0.6 is 0 Å². The van der Waals surface area contributed by atoms with E-state index in [1.807, 2.05) is 12.1 Å². The van der Waals surface area contributed by atoms with E-state index in [1.54, 1.807) is 0 Å². The molecule has 3 rings (SSSR count). The molecular weight excluding hydrogens is 374 g/mol. The van der Waals surface area contributed by atoms with Crippen molar-refractivity contribution in [3.63, 3.8) is 0 Å². The Kier molecular flexibility index (Phi) is 7.89. The molecule has 1 fully saturated rings. The second kappa shape index (κ2) is 10.8. The third-order valence-corrected chi connectivity index (χ3v) is 6.02. The second-order valence-corrected chi connectivity index (χ2v) is 8.33. The average Bonchev–Trinajstić information content (AvgIpc) is 3.59. The highest BCUT2D eigenvalue weighted by molar-refractivity contribution is 6.14. The maximum atomic E-state index is 12.4. The van der Waals surface area contributed by atoms with Crippen molar-refractivity contribution >= 4 is 17.4 Å². The molecule has 0 aliphatic heterocycles. The molecule has 0 spiro atoms. The number of hydrogen-bond acceptors (Lipinski definition) is 3. The molecule has 5 heteroatoms. The standard InChI is InChI=1S/C25H33N3O2/c26-23(28-30)25(18-19-25)24(29)27-22-16-14-21(15-17-22)13-7-4-2-1-3-6-10-20-11-8-5-9-12-20/h5,8-9,11-12,14-17,30H,1-4,6-7,10,13,18-19H2,(H2,26,28)(H,27,29). The fourth-order valence-electron chi connectivity index (χ4n) is 3.84. The van der Waals surface area contributed by atoms with Crippen LogP contribution in [0.4, 0.5) is 5.69 Å². The number of nitrogens with zero attached hydrogens (tertiary/aromatic N) is 1. The van der Waals surface area contributed by atoms with E-state index in [4.69, 9.17) is 10.9 Å². The molecule has 0 radical (unpaired) electrons. The lowest BCUT2D eigenvalue weighted by Gasteiger charge is -2.14. The lowest BCUT2D eigenvalue weighted by atomic mass is 10.0. The highest BCUT2D eigenvalue weighted by atomic mass is 16.4. The monoisotopic (exact) mass is 407 g/mol. The average molecular weight is 408 g/mol. The van der Waals surface area contributed by atoms with E-state index in [0.717, 1.165) is 12.1 Å². The van der Waals surface area contributed by atoms with Gasteiger partial charge < -0.3 is 16.3 Å². The van der Waals surface area contributed by atoms with E-state index in [0.29, 0.717) is 12.8 Å². The lowest BCUT2D eigenvalue weighted by molar-refractivity contribution is -0.119. The van der Waals surface area contributed by atoms with Crippen molar-refractivity contribution in [3.05, 3.63) is 65.7 Å². The molecule has 0 bridgehead atoms. The zero-order valence-corrected chi connectivity index (χ0v) is 17.6. The first-order valence-corrected chi connectivity index (χ1v) is 11.1. The normalized spacial score (nSPS) is 15.0. The number of nitrogens with two attached hydrogens (primary N) is 1. The van der Waals surface area contributed by atoms with Crippen molar-refractivity contribution in [1.82, 2.24) is 0 Å². The molecule has 0 unspecified atom stereocenters.